The van der Waals surface area contributed by atoms with Crippen LogP contribution in [0, 0.1) is 66.2 Å². The van der Waals surface area contributed by atoms with Gasteiger partial charge in [-0.05, 0) is 36.1 Å². The average Bonchev–Trinajstić information content (AvgIpc) is 2.89. The number of fused-ring (bicyclic) bond motifs is 2. The fraction of sp³-hybridized carbons (Fsp3) is 0.172. The Morgan fingerprint density at radius 2 is 0.795 bits per heavy atom. The van der Waals surface area contributed by atoms with E-state index < -0.39 is 74.6 Å². The summed E-state index contributed by atoms with van der Waals surface area (Å²) in [5, 5.41) is 0. The number of benzene rings is 4. The van der Waals surface area contributed by atoms with Crippen molar-refractivity contribution >= 4 is 17.1 Å². The van der Waals surface area contributed by atoms with Crippen LogP contribution < -0.4 is 4.90 Å². The molecule has 0 aromatic heterocycles. The molecule has 10 heteroatoms. The number of halogens is 9. The van der Waals surface area contributed by atoms with Crippen molar-refractivity contribution in [1.29, 1.82) is 0 Å². The Balaban J connectivity index is 1.91. The van der Waals surface area contributed by atoms with Crippen LogP contribution in [0.25, 0.3) is 11.1 Å². The standard InChI is InChI=1S/C29H18F9N/c1-11-7-5-9-13-26(11)39(27-12(2)8-6-10-14(27)29(13,3)4)28-24(37)19(32)16(20(33)25(28)38)15-17(30)21(34)23(36)22(35)18(15)31/h5-10H,1-4H3. The minimum atomic E-state index is -2.61. The van der Waals surface area contributed by atoms with E-state index in [1.165, 1.54) is 0 Å². The molecular weight excluding hydrogens is 533 g/mol. The van der Waals surface area contributed by atoms with E-state index in [0.717, 1.165) is 4.90 Å². The lowest BCUT2D eigenvalue weighted by atomic mass is 9.72. The molecule has 0 bridgehead atoms. The minimum Gasteiger partial charge on any atom is -0.304 e. The summed E-state index contributed by atoms with van der Waals surface area (Å²) >= 11 is 0. The lowest BCUT2D eigenvalue weighted by molar-refractivity contribution is 0.379. The molecule has 0 amide bonds. The fourth-order valence-electron chi connectivity index (χ4n) is 5.26. The Bertz CT molecular complexity index is 1590. The maximum atomic E-state index is 15.8. The molecule has 0 saturated heterocycles. The average molecular weight is 551 g/mol. The van der Waals surface area contributed by atoms with Crippen LogP contribution in [0.2, 0.25) is 0 Å². The molecule has 1 heterocycles. The first-order valence-corrected chi connectivity index (χ1v) is 11.6. The molecule has 0 spiro atoms. The first-order chi connectivity index (χ1) is 18.2. The molecule has 0 N–H and O–H groups in total. The monoisotopic (exact) mass is 551 g/mol. The number of anilines is 3. The van der Waals surface area contributed by atoms with Crippen molar-refractivity contribution in [3.05, 3.63) is 111 Å². The largest absolute Gasteiger partial charge is 0.304 e. The van der Waals surface area contributed by atoms with Crippen LogP contribution in [0.3, 0.4) is 0 Å². The Kier molecular flexibility index (Phi) is 6.01. The van der Waals surface area contributed by atoms with Gasteiger partial charge in [-0.15, -0.1) is 0 Å². The Labute approximate surface area is 217 Å². The minimum absolute atomic E-state index is 0.213. The van der Waals surface area contributed by atoms with E-state index in [1.807, 2.05) is 13.8 Å². The van der Waals surface area contributed by atoms with Crippen LogP contribution in [-0.2, 0) is 5.41 Å². The maximum Gasteiger partial charge on any atom is 0.200 e. The molecule has 0 unspecified atom stereocenters. The molecule has 0 fully saturated rings. The van der Waals surface area contributed by atoms with Crippen molar-refractivity contribution in [3.63, 3.8) is 0 Å². The van der Waals surface area contributed by atoms with E-state index >= 15 is 17.6 Å². The second kappa shape index (κ2) is 8.79. The maximum absolute atomic E-state index is 15.8. The van der Waals surface area contributed by atoms with Gasteiger partial charge < -0.3 is 4.90 Å². The predicted molar refractivity (Wildman–Crippen MR) is 128 cm³/mol. The van der Waals surface area contributed by atoms with Crippen molar-refractivity contribution in [2.24, 2.45) is 0 Å². The Morgan fingerprint density at radius 3 is 1.18 bits per heavy atom. The summed E-state index contributed by atoms with van der Waals surface area (Å²) in [5.74, 6) is -21.8. The summed E-state index contributed by atoms with van der Waals surface area (Å²) in [4.78, 5) is 0.986. The lowest BCUT2D eigenvalue weighted by Crippen LogP contribution is -2.33. The highest BCUT2D eigenvalue weighted by Crippen LogP contribution is 2.55. The quantitative estimate of drug-likeness (QED) is 0.136. The molecule has 4 aromatic rings. The van der Waals surface area contributed by atoms with Crippen LogP contribution in [0.15, 0.2) is 36.4 Å². The van der Waals surface area contributed by atoms with Gasteiger partial charge in [-0.3, -0.25) is 0 Å². The Hall–Kier alpha value is -3.95. The third kappa shape index (κ3) is 3.49. The van der Waals surface area contributed by atoms with Crippen LogP contribution in [0.4, 0.5) is 56.6 Å². The van der Waals surface area contributed by atoms with E-state index in [0.29, 0.717) is 22.3 Å². The van der Waals surface area contributed by atoms with E-state index in [4.69, 9.17) is 0 Å². The molecule has 0 atom stereocenters. The van der Waals surface area contributed by atoms with Gasteiger partial charge in [0, 0.05) is 5.41 Å². The normalized spacial score (nSPS) is 13.9. The van der Waals surface area contributed by atoms with Crippen LogP contribution in [-0.4, -0.2) is 0 Å². The number of aryl methyl sites for hydroxylation is 2. The Morgan fingerprint density at radius 1 is 0.462 bits per heavy atom. The number of rotatable bonds is 2. The van der Waals surface area contributed by atoms with Gasteiger partial charge in [0.2, 0.25) is 5.82 Å². The molecule has 4 aromatic carbocycles. The highest BCUT2D eigenvalue weighted by molar-refractivity contribution is 5.90. The van der Waals surface area contributed by atoms with Crippen molar-refractivity contribution in [2.45, 2.75) is 33.1 Å². The first kappa shape index (κ1) is 26.6. The van der Waals surface area contributed by atoms with Crippen LogP contribution in [0.5, 0.6) is 0 Å². The molecule has 0 radical (unpaired) electrons. The molecule has 1 nitrogen and oxygen atoms in total. The van der Waals surface area contributed by atoms with Crippen LogP contribution in [0.1, 0.15) is 36.1 Å². The van der Waals surface area contributed by atoms with Crippen LogP contribution >= 0.6 is 0 Å². The zero-order chi connectivity index (χ0) is 28.7. The van der Waals surface area contributed by atoms with Crippen molar-refractivity contribution in [3.8, 4) is 11.1 Å². The van der Waals surface area contributed by atoms with E-state index in [2.05, 4.69) is 0 Å². The molecular formula is C29H18F9N. The van der Waals surface area contributed by atoms with Gasteiger partial charge in [-0.25, -0.2) is 39.5 Å². The summed E-state index contributed by atoms with van der Waals surface area (Å²) in [6.45, 7) is 6.97. The van der Waals surface area contributed by atoms with Crippen molar-refractivity contribution in [1.82, 2.24) is 0 Å². The SMILES string of the molecule is Cc1cccc2c1N(c1c(F)c(F)c(-c3c(F)c(F)c(F)c(F)c3F)c(F)c1F)c1c(C)cccc1C2(C)C. The molecule has 5 rings (SSSR count). The zero-order valence-corrected chi connectivity index (χ0v) is 20.8. The third-order valence-corrected chi connectivity index (χ3v) is 7.19. The van der Waals surface area contributed by atoms with E-state index in [-0.39, 0.29) is 11.4 Å². The molecule has 0 saturated carbocycles. The number of hydrogen-bond acceptors (Lipinski definition) is 1. The van der Waals surface area contributed by atoms with Gasteiger partial charge in [-0.1, -0.05) is 50.2 Å². The highest BCUT2D eigenvalue weighted by atomic mass is 19.2. The molecule has 1 aliphatic heterocycles. The predicted octanol–water partition coefficient (Wildman–Crippen LogP) is 9.33. The van der Waals surface area contributed by atoms with E-state index in [1.54, 1.807) is 50.2 Å². The van der Waals surface area contributed by atoms with Gasteiger partial charge in [-0.2, -0.15) is 0 Å². The zero-order valence-electron chi connectivity index (χ0n) is 20.8. The van der Waals surface area contributed by atoms with E-state index in [9.17, 15) is 22.0 Å². The summed E-state index contributed by atoms with van der Waals surface area (Å²) in [6, 6.07) is 10.0. The van der Waals surface area contributed by atoms with Gasteiger partial charge >= 0.3 is 0 Å². The number of hydrogen-bond donors (Lipinski definition) is 0. The molecule has 1 aliphatic rings. The summed E-state index contributed by atoms with van der Waals surface area (Å²) in [6.07, 6.45) is 0. The van der Waals surface area contributed by atoms with Gasteiger partial charge in [0.15, 0.2) is 46.5 Å². The molecule has 0 aliphatic carbocycles. The first-order valence-electron chi connectivity index (χ1n) is 11.6. The van der Waals surface area contributed by atoms with Crippen molar-refractivity contribution in [2.75, 3.05) is 4.90 Å². The highest BCUT2D eigenvalue weighted by Gasteiger charge is 2.42. The molecule has 202 valence electrons. The van der Waals surface area contributed by atoms with Gasteiger partial charge in [0.05, 0.1) is 22.5 Å². The summed E-state index contributed by atoms with van der Waals surface area (Å²) < 4.78 is 133. The van der Waals surface area contributed by atoms with Gasteiger partial charge in [0.25, 0.3) is 0 Å². The summed E-state index contributed by atoms with van der Waals surface area (Å²) in [5.41, 5.74) is -3.65. The van der Waals surface area contributed by atoms with Crippen molar-refractivity contribution < 1.29 is 39.5 Å². The number of nitrogens with zero attached hydrogens (tertiary/aromatic N) is 1. The third-order valence-electron chi connectivity index (χ3n) is 7.19. The second-order valence-electron chi connectivity index (χ2n) is 9.83. The lowest BCUT2D eigenvalue weighted by Gasteiger charge is -2.43. The fourth-order valence-corrected chi connectivity index (χ4v) is 5.26. The smallest absolute Gasteiger partial charge is 0.200 e. The van der Waals surface area contributed by atoms with Gasteiger partial charge in [0.1, 0.15) is 5.69 Å². The second-order valence-corrected chi connectivity index (χ2v) is 9.83. The molecule has 39 heavy (non-hydrogen) atoms. The number of para-hydroxylation sites is 2. The summed E-state index contributed by atoms with van der Waals surface area (Å²) in [7, 11) is 0. The topological polar surface area (TPSA) is 3.24 Å².